The van der Waals surface area contributed by atoms with Crippen LogP contribution in [0.2, 0.25) is 0 Å². The number of furan rings is 1. The van der Waals surface area contributed by atoms with Crippen LogP contribution in [-0.4, -0.2) is 73.3 Å². The standard InChI is InChI=1S/C21H30N4O3/c1-2-22-21(23-17-19(26)20-9-6-15-28-20)25-12-10-24(11-13-25)14-16-27-18-7-4-3-5-8-18/h3-9,15,19,26H,2,10-14,16-17H2,1H3,(H,22,23). The molecule has 0 saturated carbocycles. The predicted octanol–water partition coefficient (Wildman–Crippen LogP) is 1.98. The average molecular weight is 386 g/mol. The van der Waals surface area contributed by atoms with Gasteiger partial charge >= 0.3 is 0 Å². The number of nitrogens with zero attached hydrogens (tertiary/aromatic N) is 3. The molecule has 1 aliphatic rings. The molecule has 0 amide bonds. The van der Waals surface area contributed by atoms with E-state index < -0.39 is 6.10 Å². The monoisotopic (exact) mass is 386 g/mol. The van der Waals surface area contributed by atoms with Crippen LogP contribution in [0.15, 0.2) is 58.1 Å². The van der Waals surface area contributed by atoms with Gasteiger partial charge in [0.05, 0.1) is 12.8 Å². The van der Waals surface area contributed by atoms with Crippen molar-refractivity contribution in [2.75, 3.05) is 52.4 Å². The van der Waals surface area contributed by atoms with Gasteiger partial charge in [0.15, 0.2) is 5.96 Å². The highest BCUT2D eigenvalue weighted by molar-refractivity contribution is 5.80. The molecule has 152 valence electrons. The van der Waals surface area contributed by atoms with Crippen LogP contribution >= 0.6 is 0 Å². The number of ether oxygens (including phenoxy) is 1. The quantitative estimate of drug-likeness (QED) is 0.534. The lowest BCUT2D eigenvalue weighted by molar-refractivity contribution is 0.148. The fourth-order valence-corrected chi connectivity index (χ4v) is 3.16. The van der Waals surface area contributed by atoms with E-state index >= 15 is 0 Å². The Kier molecular flexibility index (Phi) is 7.75. The van der Waals surface area contributed by atoms with Crippen molar-refractivity contribution in [1.29, 1.82) is 0 Å². The van der Waals surface area contributed by atoms with Crippen LogP contribution in [0.25, 0.3) is 0 Å². The summed E-state index contributed by atoms with van der Waals surface area (Å²) in [7, 11) is 0. The smallest absolute Gasteiger partial charge is 0.194 e. The van der Waals surface area contributed by atoms with Gasteiger partial charge in [0.1, 0.15) is 24.2 Å². The molecule has 2 aromatic rings. The summed E-state index contributed by atoms with van der Waals surface area (Å²) in [5, 5.41) is 13.5. The van der Waals surface area contributed by atoms with E-state index in [1.54, 1.807) is 18.4 Å². The zero-order valence-corrected chi connectivity index (χ0v) is 16.5. The van der Waals surface area contributed by atoms with Crippen molar-refractivity contribution in [2.24, 2.45) is 4.99 Å². The Morgan fingerprint density at radius 2 is 1.96 bits per heavy atom. The van der Waals surface area contributed by atoms with E-state index in [0.717, 1.165) is 51.0 Å². The molecule has 2 heterocycles. The number of rotatable bonds is 8. The van der Waals surface area contributed by atoms with Gasteiger partial charge < -0.3 is 24.5 Å². The molecule has 1 aromatic carbocycles. The van der Waals surface area contributed by atoms with E-state index in [-0.39, 0.29) is 6.54 Å². The van der Waals surface area contributed by atoms with Crippen molar-refractivity contribution >= 4 is 5.96 Å². The molecule has 7 heteroatoms. The van der Waals surface area contributed by atoms with Crippen LogP contribution in [0.3, 0.4) is 0 Å². The minimum Gasteiger partial charge on any atom is -0.492 e. The summed E-state index contributed by atoms with van der Waals surface area (Å²) in [5.41, 5.74) is 0. The molecule has 1 unspecified atom stereocenters. The van der Waals surface area contributed by atoms with Crippen molar-refractivity contribution < 1.29 is 14.3 Å². The Morgan fingerprint density at radius 3 is 2.64 bits per heavy atom. The van der Waals surface area contributed by atoms with Crippen LogP contribution < -0.4 is 10.1 Å². The first kappa shape index (κ1) is 20.2. The summed E-state index contributed by atoms with van der Waals surface area (Å²) in [5.74, 6) is 2.30. The predicted molar refractivity (Wildman–Crippen MR) is 110 cm³/mol. The van der Waals surface area contributed by atoms with Gasteiger partial charge in [-0.3, -0.25) is 4.90 Å². The summed E-state index contributed by atoms with van der Waals surface area (Å²) >= 11 is 0. The first-order valence-electron chi connectivity index (χ1n) is 9.91. The molecule has 0 bridgehead atoms. The second kappa shape index (κ2) is 10.7. The van der Waals surface area contributed by atoms with E-state index in [0.29, 0.717) is 12.4 Å². The molecule has 28 heavy (non-hydrogen) atoms. The Labute approximate surface area is 166 Å². The zero-order valence-electron chi connectivity index (χ0n) is 16.5. The molecule has 0 radical (unpaired) electrons. The van der Waals surface area contributed by atoms with Crippen LogP contribution in [-0.2, 0) is 0 Å². The molecular formula is C21H30N4O3. The van der Waals surface area contributed by atoms with E-state index in [9.17, 15) is 5.11 Å². The molecule has 2 N–H and O–H groups in total. The van der Waals surface area contributed by atoms with E-state index in [1.165, 1.54) is 0 Å². The fraction of sp³-hybridized carbons (Fsp3) is 0.476. The summed E-state index contributed by atoms with van der Waals surface area (Å²) in [6, 6.07) is 13.5. The molecular weight excluding hydrogens is 356 g/mol. The third kappa shape index (κ3) is 6.00. The highest BCUT2D eigenvalue weighted by Crippen LogP contribution is 2.13. The number of piperazine rings is 1. The van der Waals surface area contributed by atoms with Gasteiger partial charge in [0.2, 0.25) is 0 Å². The molecule has 1 fully saturated rings. The molecule has 1 atom stereocenters. The SMILES string of the molecule is CCNC(=NCC(O)c1ccco1)N1CCN(CCOc2ccccc2)CC1. The maximum absolute atomic E-state index is 10.2. The van der Waals surface area contributed by atoms with E-state index in [1.807, 2.05) is 30.3 Å². The maximum Gasteiger partial charge on any atom is 0.194 e. The number of para-hydroxylation sites is 1. The molecule has 1 aromatic heterocycles. The lowest BCUT2D eigenvalue weighted by Crippen LogP contribution is -2.53. The normalized spacial score (nSPS) is 16.8. The third-order valence-corrected chi connectivity index (χ3v) is 4.71. The van der Waals surface area contributed by atoms with Crippen molar-refractivity contribution in [1.82, 2.24) is 15.1 Å². The number of aliphatic hydroxyl groups excluding tert-OH is 1. The number of aliphatic imine (C=N–C) groups is 1. The summed E-state index contributed by atoms with van der Waals surface area (Å²) in [6.07, 6.45) is 0.842. The Balaban J connectivity index is 1.43. The van der Waals surface area contributed by atoms with Gasteiger partial charge in [0.25, 0.3) is 0 Å². The summed E-state index contributed by atoms with van der Waals surface area (Å²) in [4.78, 5) is 9.24. The topological polar surface area (TPSA) is 73.5 Å². The Morgan fingerprint density at radius 1 is 1.18 bits per heavy atom. The highest BCUT2D eigenvalue weighted by Gasteiger charge is 2.20. The minimum atomic E-state index is -0.722. The number of aliphatic hydroxyl groups is 1. The van der Waals surface area contributed by atoms with Crippen molar-refractivity contribution in [3.8, 4) is 5.75 Å². The number of hydrogen-bond donors (Lipinski definition) is 2. The molecule has 1 saturated heterocycles. The lowest BCUT2D eigenvalue weighted by atomic mass is 10.3. The van der Waals surface area contributed by atoms with Crippen LogP contribution in [0, 0.1) is 0 Å². The Hall–Kier alpha value is -2.51. The molecule has 0 spiro atoms. The number of hydrogen-bond acceptors (Lipinski definition) is 5. The highest BCUT2D eigenvalue weighted by atomic mass is 16.5. The minimum absolute atomic E-state index is 0.279. The first-order chi connectivity index (χ1) is 13.8. The van der Waals surface area contributed by atoms with E-state index in [2.05, 4.69) is 27.0 Å². The van der Waals surface area contributed by atoms with Crippen LogP contribution in [0.5, 0.6) is 5.75 Å². The number of nitrogens with one attached hydrogen (secondary N) is 1. The summed E-state index contributed by atoms with van der Waals surface area (Å²) in [6.45, 7) is 8.44. The van der Waals surface area contributed by atoms with E-state index in [4.69, 9.17) is 9.15 Å². The Bertz CT molecular complexity index is 698. The number of guanidine groups is 1. The molecule has 0 aliphatic carbocycles. The zero-order chi connectivity index (χ0) is 19.6. The van der Waals surface area contributed by atoms with Gasteiger partial charge in [-0.1, -0.05) is 18.2 Å². The molecule has 7 nitrogen and oxygen atoms in total. The second-order valence-corrected chi connectivity index (χ2v) is 6.72. The lowest BCUT2D eigenvalue weighted by Gasteiger charge is -2.36. The fourth-order valence-electron chi connectivity index (χ4n) is 3.16. The van der Waals surface area contributed by atoms with Gasteiger partial charge in [-0.2, -0.15) is 0 Å². The molecule has 3 rings (SSSR count). The van der Waals surface area contributed by atoms with Crippen molar-refractivity contribution in [3.63, 3.8) is 0 Å². The van der Waals surface area contributed by atoms with Gasteiger partial charge in [-0.15, -0.1) is 0 Å². The molecule has 1 aliphatic heterocycles. The van der Waals surface area contributed by atoms with Crippen LogP contribution in [0.1, 0.15) is 18.8 Å². The second-order valence-electron chi connectivity index (χ2n) is 6.72. The third-order valence-electron chi connectivity index (χ3n) is 4.71. The van der Waals surface area contributed by atoms with Crippen molar-refractivity contribution in [2.45, 2.75) is 13.0 Å². The van der Waals surface area contributed by atoms with Gasteiger partial charge in [-0.25, -0.2) is 4.99 Å². The largest absolute Gasteiger partial charge is 0.492 e. The maximum atomic E-state index is 10.2. The average Bonchev–Trinajstić information content (AvgIpc) is 3.27. The van der Waals surface area contributed by atoms with Crippen molar-refractivity contribution in [3.05, 3.63) is 54.5 Å². The first-order valence-corrected chi connectivity index (χ1v) is 9.91. The number of benzene rings is 1. The van der Waals surface area contributed by atoms with Gasteiger partial charge in [-0.05, 0) is 31.2 Å². The summed E-state index contributed by atoms with van der Waals surface area (Å²) < 4.78 is 11.0. The van der Waals surface area contributed by atoms with Crippen LogP contribution in [0.4, 0.5) is 0 Å². The van der Waals surface area contributed by atoms with Gasteiger partial charge in [0, 0.05) is 39.3 Å².